The second-order valence-corrected chi connectivity index (χ2v) is 0.447. The normalized spacial score (nSPS) is 4.80. The van der Waals surface area contributed by atoms with Crippen LogP contribution in [0.3, 0.4) is 0 Å². The first kappa shape index (κ1) is 22.4. The van der Waals surface area contributed by atoms with Crippen molar-refractivity contribution in [1.82, 2.24) is 0 Å². The number of hydrogen-bond donors (Lipinski definition) is 0. The standard InChI is InChI=1S/Ca.Cd.2NO3/c;;2*2-1(3)4/q2*+2;2*-1. The van der Waals surface area contributed by atoms with Crippen LogP contribution in [-0.2, 0) is 27.3 Å². The molecule has 0 heterocycles. The van der Waals surface area contributed by atoms with Gasteiger partial charge in [0.15, 0.2) is 0 Å². The summed E-state index contributed by atoms with van der Waals surface area (Å²) in [5.41, 5.74) is 0. The van der Waals surface area contributed by atoms with Crippen molar-refractivity contribution in [2.75, 3.05) is 0 Å². The van der Waals surface area contributed by atoms with E-state index in [9.17, 15) is 0 Å². The fourth-order valence-corrected chi connectivity index (χ4v) is 0. The molecule has 0 aromatic rings. The Morgan fingerprint density at radius 3 is 0.800 bits per heavy atom. The van der Waals surface area contributed by atoms with Crippen molar-refractivity contribution in [2.45, 2.75) is 0 Å². The molecule has 0 saturated carbocycles. The van der Waals surface area contributed by atoms with E-state index in [1.165, 1.54) is 0 Å². The zero-order valence-electron chi connectivity index (χ0n) is 4.76. The number of nitrogens with zero attached hydrogens (tertiary/aromatic N) is 2. The molecule has 0 rings (SSSR count). The van der Waals surface area contributed by atoms with Crippen LogP contribution in [0.4, 0.5) is 0 Å². The maximum absolute atomic E-state index is 8.25. The summed E-state index contributed by atoms with van der Waals surface area (Å²) in [5, 5.41) is 29.5. The predicted molar refractivity (Wildman–Crippen MR) is 26.5 cm³/mol. The smallest absolute Gasteiger partial charge is 0.356 e. The summed E-state index contributed by atoms with van der Waals surface area (Å²) < 4.78 is 0. The Bertz CT molecular complexity index is 73.7. The van der Waals surface area contributed by atoms with E-state index < -0.39 is 10.2 Å². The van der Waals surface area contributed by atoms with Gasteiger partial charge < -0.3 is 30.6 Å². The fourth-order valence-electron chi connectivity index (χ4n) is 0. The summed E-state index contributed by atoms with van der Waals surface area (Å²) in [6.07, 6.45) is 0. The van der Waals surface area contributed by atoms with Crippen LogP contribution >= 0.6 is 0 Å². The van der Waals surface area contributed by atoms with E-state index in [0.29, 0.717) is 0 Å². The summed E-state index contributed by atoms with van der Waals surface area (Å²) in [6, 6.07) is 0. The van der Waals surface area contributed by atoms with E-state index >= 15 is 0 Å². The molecule has 0 fully saturated rings. The minimum atomic E-state index is -1.75. The Labute approximate surface area is 105 Å². The molecule has 0 aliphatic carbocycles. The largest absolute Gasteiger partial charge is 2.00 e. The Balaban J connectivity index is -0.0000000300. The van der Waals surface area contributed by atoms with Crippen LogP contribution in [0.2, 0.25) is 0 Å². The summed E-state index contributed by atoms with van der Waals surface area (Å²) in [5.74, 6) is 0. The Morgan fingerprint density at radius 2 is 0.800 bits per heavy atom. The van der Waals surface area contributed by atoms with E-state index in [1.807, 2.05) is 0 Å². The molecule has 0 aliphatic heterocycles. The molecule has 0 amide bonds. The van der Waals surface area contributed by atoms with Gasteiger partial charge in [0.05, 0.1) is 10.2 Å². The van der Waals surface area contributed by atoms with Gasteiger partial charge in [-0.3, -0.25) is 0 Å². The first-order valence-electron chi connectivity index (χ1n) is 1.10. The third kappa shape index (κ3) is 1460. The van der Waals surface area contributed by atoms with Gasteiger partial charge in [-0.2, -0.15) is 0 Å². The SMILES string of the molecule is O=[N+]([O-])[O-].O=[N+]([O-])[O-].[Ca+2].[Cd+2]. The molecule has 0 spiro atoms. The van der Waals surface area contributed by atoms with Gasteiger partial charge in [0.25, 0.3) is 0 Å². The van der Waals surface area contributed by atoms with Crippen LogP contribution in [0.25, 0.3) is 0 Å². The molecule has 0 aliphatic rings. The van der Waals surface area contributed by atoms with Crippen LogP contribution in [0, 0.1) is 30.6 Å². The van der Waals surface area contributed by atoms with Crippen molar-refractivity contribution in [2.24, 2.45) is 0 Å². The topological polar surface area (TPSA) is 132 Å². The molecule has 48 valence electrons. The van der Waals surface area contributed by atoms with Crippen molar-refractivity contribution in [3.63, 3.8) is 0 Å². The molecule has 0 bridgehead atoms. The summed E-state index contributed by atoms with van der Waals surface area (Å²) in [7, 11) is 0. The molecule has 0 aromatic heterocycles. The molecular formula is CaCdN2O6+2. The fraction of sp³-hybridized carbons (Fsp3) is 0. The molecule has 0 aromatic carbocycles. The second-order valence-electron chi connectivity index (χ2n) is 0.447. The quantitative estimate of drug-likeness (QED) is 0.321. The van der Waals surface area contributed by atoms with Gasteiger partial charge in [0.2, 0.25) is 0 Å². The van der Waals surface area contributed by atoms with E-state index in [-0.39, 0.29) is 65.0 Å². The third-order valence-electron chi connectivity index (χ3n) is 0. The van der Waals surface area contributed by atoms with Crippen molar-refractivity contribution >= 4 is 37.7 Å². The summed E-state index contributed by atoms with van der Waals surface area (Å²) in [4.78, 5) is 16.5. The number of hydrogen-bond acceptors (Lipinski definition) is 6. The van der Waals surface area contributed by atoms with Crippen molar-refractivity contribution in [3.8, 4) is 0 Å². The monoisotopic (exact) mass is 278 g/mol. The van der Waals surface area contributed by atoms with Crippen LogP contribution in [0.15, 0.2) is 0 Å². The first-order chi connectivity index (χ1) is 3.46. The molecule has 0 atom stereocenters. The zero-order chi connectivity index (χ0) is 7.15. The summed E-state index contributed by atoms with van der Waals surface area (Å²) in [6.45, 7) is 0. The van der Waals surface area contributed by atoms with Gasteiger partial charge in [0, 0.05) is 0 Å². The molecule has 0 unspecified atom stereocenters. The van der Waals surface area contributed by atoms with Gasteiger partial charge in [-0.05, 0) is 0 Å². The summed E-state index contributed by atoms with van der Waals surface area (Å²) >= 11 is 0. The van der Waals surface area contributed by atoms with Gasteiger partial charge in [-0.1, -0.05) is 0 Å². The van der Waals surface area contributed by atoms with Crippen molar-refractivity contribution in [3.05, 3.63) is 30.6 Å². The number of rotatable bonds is 0. The van der Waals surface area contributed by atoms with Gasteiger partial charge >= 0.3 is 65.0 Å². The molecule has 0 N–H and O–H groups in total. The van der Waals surface area contributed by atoms with Crippen LogP contribution in [-0.4, -0.2) is 47.9 Å². The minimum absolute atomic E-state index is 0. The second kappa shape index (κ2) is 16.3. The third-order valence-corrected chi connectivity index (χ3v) is 0. The zero-order valence-corrected chi connectivity index (χ0v) is 11.0. The molecule has 0 saturated heterocycles. The van der Waals surface area contributed by atoms with E-state index in [1.54, 1.807) is 0 Å². The molecule has 10 heteroatoms. The Kier molecular flexibility index (Phi) is 36.5. The molecular weight excluding hydrogens is 276 g/mol. The molecule has 10 heavy (non-hydrogen) atoms. The van der Waals surface area contributed by atoms with Gasteiger partial charge in [0.1, 0.15) is 0 Å². The maximum Gasteiger partial charge on any atom is 2.00 e. The average molecular weight is 276 g/mol. The van der Waals surface area contributed by atoms with E-state index in [2.05, 4.69) is 0 Å². The predicted octanol–water partition coefficient (Wildman–Crippen LogP) is -0.862. The first-order valence-corrected chi connectivity index (χ1v) is 1.10. The molecule has 8 nitrogen and oxygen atoms in total. The van der Waals surface area contributed by atoms with E-state index in [4.69, 9.17) is 30.6 Å². The maximum atomic E-state index is 8.25. The average Bonchev–Trinajstić information content (AvgIpc) is 1.25. The minimum Gasteiger partial charge on any atom is -0.356 e. The van der Waals surface area contributed by atoms with Crippen LogP contribution < -0.4 is 0 Å². The van der Waals surface area contributed by atoms with Gasteiger partial charge in [-0.25, -0.2) is 0 Å². The van der Waals surface area contributed by atoms with Gasteiger partial charge in [-0.15, -0.1) is 0 Å². The van der Waals surface area contributed by atoms with Crippen molar-refractivity contribution < 1.29 is 37.5 Å². The van der Waals surface area contributed by atoms with Crippen LogP contribution in [0.1, 0.15) is 0 Å². The van der Waals surface area contributed by atoms with Crippen molar-refractivity contribution in [1.29, 1.82) is 0 Å². The van der Waals surface area contributed by atoms with Crippen LogP contribution in [0.5, 0.6) is 0 Å². The Morgan fingerprint density at radius 1 is 0.800 bits per heavy atom. The Hall–Kier alpha value is 0.582. The molecule has 0 radical (unpaired) electrons. The van der Waals surface area contributed by atoms with E-state index in [0.717, 1.165) is 0 Å².